The average molecular weight is 474 g/mol. The number of carbonyl (C=O) groups excluding carboxylic acids is 2. The number of halogens is 5. The lowest BCUT2D eigenvalue weighted by molar-refractivity contribution is 0.0557. The molecule has 2 aromatic rings. The summed E-state index contributed by atoms with van der Waals surface area (Å²) >= 11 is 5.68. The predicted octanol–water partition coefficient (Wildman–Crippen LogP) is 3.90. The molecule has 2 aliphatic rings. The van der Waals surface area contributed by atoms with Gasteiger partial charge in [0.1, 0.15) is 17.3 Å². The van der Waals surface area contributed by atoms with E-state index in [1.54, 1.807) is 6.92 Å². The number of carbonyl (C=O) groups is 2. The van der Waals surface area contributed by atoms with Crippen LogP contribution < -0.4 is 5.32 Å². The first-order chi connectivity index (χ1) is 15.2. The molecule has 0 saturated carbocycles. The van der Waals surface area contributed by atoms with Crippen molar-refractivity contribution < 1.29 is 27.2 Å². The highest BCUT2D eigenvalue weighted by Crippen LogP contribution is 2.30. The van der Waals surface area contributed by atoms with Crippen LogP contribution in [0.5, 0.6) is 0 Å². The molecule has 3 heterocycles. The average Bonchev–Trinajstić information content (AvgIpc) is 2.99. The Labute approximate surface area is 185 Å². The topological polar surface area (TPSA) is 70.5 Å². The zero-order chi connectivity index (χ0) is 23.2. The Morgan fingerprint density at radius 3 is 2.75 bits per heavy atom. The van der Waals surface area contributed by atoms with Crippen LogP contribution in [0.15, 0.2) is 12.1 Å². The van der Waals surface area contributed by atoms with Gasteiger partial charge in [0.2, 0.25) is 0 Å². The molecule has 32 heavy (non-hydrogen) atoms. The van der Waals surface area contributed by atoms with Crippen LogP contribution in [0.3, 0.4) is 0 Å². The minimum Gasteiger partial charge on any atom is -0.332 e. The van der Waals surface area contributed by atoms with Gasteiger partial charge in [-0.3, -0.25) is 9.48 Å². The van der Waals surface area contributed by atoms with Gasteiger partial charge >= 0.3 is 6.03 Å². The number of benzene rings is 1. The Balaban J connectivity index is 1.61. The standard InChI is InChI=1S/C20H20ClF4N5O2/c1-10-5-15-11(18-19(31)28(9-17(24)25)3-2-4-30(18)27-15)8-29(10)20(32)26-16-6-12(21)13(22)7-14(16)23/h6-7,10,17H,2-5,8-9H2,1H3,(H,26,32)/t10-/m1/s1. The van der Waals surface area contributed by atoms with Gasteiger partial charge in [0.05, 0.1) is 29.5 Å². The monoisotopic (exact) mass is 473 g/mol. The molecule has 7 nitrogen and oxygen atoms in total. The van der Waals surface area contributed by atoms with Crippen LogP contribution in [0.1, 0.15) is 35.1 Å². The Morgan fingerprint density at radius 2 is 2.03 bits per heavy atom. The van der Waals surface area contributed by atoms with Crippen LogP contribution in [0.25, 0.3) is 0 Å². The van der Waals surface area contributed by atoms with Crippen molar-refractivity contribution in [2.24, 2.45) is 0 Å². The zero-order valence-corrected chi connectivity index (χ0v) is 17.8. The molecule has 0 fully saturated rings. The maximum Gasteiger partial charge on any atom is 0.322 e. The summed E-state index contributed by atoms with van der Waals surface area (Å²) in [6.07, 6.45) is -1.85. The minimum absolute atomic E-state index is 0.0114. The molecule has 2 aliphatic heterocycles. The van der Waals surface area contributed by atoms with Crippen molar-refractivity contribution in [3.63, 3.8) is 0 Å². The molecule has 4 rings (SSSR count). The van der Waals surface area contributed by atoms with E-state index < -0.39 is 36.5 Å². The number of nitrogens with zero attached hydrogens (tertiary/aromatic N) is 4. The first kappa shape index (κ1) is 22.4. The number of hydrogen-bond acceptors (Lipinski definition) is 3. The number of aryl methyl sites for hydroxylation is 1. The van der Waals surface area contributed by atoms with Crippen molar-refractivity contribution in [2.75, 3.05) is 18.4 Å². The van der Waals surface area contributed by atoms with Crippen LogP contribution in [-0.4, -0.2) is 57.1 Å². The van der Waals surface area contributed by atoms with Crippen molar-refractivity contribution in [2.45, 2.75) is 45.3 Å². The predicted molar refractivity (Wildman–Crippen MR) is 108 cm³/mol. The summed E-state index contributed by atoms with van der Waals surface area (Å²) in [5, 5.41) is 6.52. The molecule has 12 heteroatoms. The molecule has 0 bridgehead atoms. The van der Waals surface area contributed by atoms with Crippen LogP contribution in [0, 0.1) is 11.6 Å². The fourth-order valence-corrected chi connectivity index (χ4v) is 4.24. The normalized spacial score (nSPS) is 18.5. The number of amides is 3. The van der Waals surface area contributed by atoms with Gasteiger partial charge in [0.15, 0.2) is 0 Å². The molecule has 0 saturated heterocycles. The lowest BCUT2D eigenvalue weighted by Gasteiger charge is -2.33. The van der Waals surface area contributed by atoms with Crippen LogP contribution in [0.2, 0.25) is 5.02 Å². The molecular formula is C20H20ClF4N5O2. The van der Waals surface area contributed by atoms with E-state index in [1.165, 1.54) is 9.58 Å². The Hall–Kier alpha value is -2.82. The largest absolute Gasteiger partial charge is 0.332 e. The van der Waals surface area contributed by atoms with Gasteiger partial charge in [0.25, 0.3) is 12.3 Å². The second kappa shape index (κ2) is 8.61. The number of alkyl halides is 2. The number of hydrogen-bond donors (Lipinski definition) is 1. The van der Waals surface area contributed by atoms with Gasteiger partial charge < -0.3 is 15.1 Å². The fourth-order valence-electron chi connectivity index (χ4n) is 4.08. The third kappa shape index (κ3) is 4.13. The highest BCUT2D eigenvalue weighted by atomic mass is 35.5. The number of fused-ring (bicyclic) bond motifs is 3. The molecule has 1 N–H and O–H groups in total. The summed E-state index contributed by atoms with van der Waals surface area (Å²) in [4.78, 5) is 28.3. The second-order valence-electron chi connectivity index (χ2n) is 7.85. The first-order valence-electron chi connectivity index (χ1n) is 10.0. The van der Waals surface area contributed by atoms with E-state index in [1.807, 2.05) is 0 Å². The van der Waals surface area contributed by atoms with Crippen molar-refractivity contribution in [3.05, 3.63) is 45.7 Å². The Morgan fingerprint density at radius 1 is 1.28 bits per heavy atom. The van der Waals surface area contributed by atoms with Gasteiger partial charge in [0, 0.05) is 37.2 Å². The quantitative estimate of drug-likeness (QED) is 0.543. The van der Waals surface area contributed by atoms with Gasteiger partial charge in [-0.2, -0.15) is 5.10 Å². The van der Waals surface area contributed by atoms with Gasteiger partial charge in [-0.1, -0.05) is 11.6 Å². The molecule has 1 aromatic carbocycles. The van der Waals surface area contributed by atoms with Crippen LogP contribution >= 0.6 is 11.6 Å². The van der Waals surface area contributed by atoms with Gasteiger partial charge in [-0.15, -0.1) is 0 Å². The summed E-state index contributed by atoms with van der Waals surface area (Å²) in [6, 6.07) is 0.536. The summed E-state index contributed by atoms with van der Waals surface area (Å²) < 4.78 is 54.8. The van der Waals surface area contributed by atoms with E-state index in [4.69, 9.17) is 11.6 Å². The summed E-state index contributed by atoms with van der Waals surface area (Å²) in [5.41, 5.74) is 1.02. The molecule has 1 atom stereocenters. The maximum absolute atomic E-state index is 14.1. The fraction of sp³-hybridized carbons (Fsp3) is 0.450. The molecule has 172 valence electrons. The molecule has 0 aliphatic carbocycles. The molecule has 0 radical (unpaired) electrons. The maximum atomic E-state index is 14.1. The first-order valence-corrected chi connectivity index (χ1v) is 10.4. The second-order valence-corrected chi connectivity index (χ2v) is 8.26. The van der Waals surface area contributed by atoms with E-state index in [9.17, 15) is 27.2 Å². The summed E-state index contributed by atoms with van der Waals surface area (Å²) in [5.74, 6) is -2.49. The van der Waals surface area contributed by atoms with Gasteiger partial charge in [-0.25, -0.2) is 22.4 Å². The van der Waals surface area contributed by atoms with Gasteiger partial charge in [-0.05, 0) is 19.4 Å². The number of anilines is 1. The highest BCUT2D eigenvalue weighted by Gasteiger charge is 2.36. The molecule has 3 amide bonds. The molecule has 0 unspecified atom stereocenters. The Kier molecular flexibility index (Phi) is 6.02. The van der Waals surface area contributed by atoms with Crippen molar-refractivity contribution >= 4 is 29.2 Å². The van der Waals surface area contributed by atoms with E-state index >= 15 is 0 Å². The smallest absolute Gasteiger partial charge is 0.322 e. The third-order valence-electron chi connectivity index (χ3n) is 5.64. The number of rotatable bonds is 3. The number of aromatic nitrogens is 2. The van der Waals surface area contributed by atoms with Crippen molar-refractivity contribution in [1.82, 2.24) is 19.6 Å². The van der Waals surface area contributed by atoms with E-state index in [-0.39, 0.29) is 35.5 Å². The van der Waals surface area contributed by atoms with E-state index in [0.29, 0.717) is 36.7 Å². The third-order valence-corrected chi connectivity index (χ3v) is 5.93. The summed E-state index contributed by atoms with van der Waals surface area (Å²) in [7, 11) is 0. The minimum atomic E-state index is -2.66. The molecule has 0 spiro atoms. The molecular weight excluding hydrogens is 454 g/mol. The Bertz CT molecular complexity index is 1080. The summed E-state index contributed by atoms with van der Waals surface area (Å²) in [6.45, 7) is 1.67. The highest BCUT2D eigenvalue weighted by molar-refractivity contribution is 6.31. The lowest BCUT2D eigenvalue weighted by atomic mass is 9.99. The molecule has 1 aromatic heterocycles. The van der Waals surface area contributed by atoms with Crippen LogP contribution in [0.4, 0.5) is 28.0 Å². The van der Waals surface area contributed by atoms with Crippen molar-refractivity contribution in [1.29, 1.82) is 0 Å². The van der Waals surface area contributed by atoms with Crippen LogP contribution in [-0.2, 0) is 19.5 Å². The lowest BCUT2D eigenvalue weighted by Crippen LogP contribution is -2.45. The van der Waals surface area contributed by atoms with E-state index in [2.05, 4.69) is 10.4 Å². The van der Waals surface area contributed by atoms with Crippen molar-refractivity contribution in [3.8, 4) is 0 Å². The SMILES string of the molecule is C[C@@H]1Cc2nn3c(c2CN1C(=O)Nc1cc(Cl)c(F)cc1F)C(=O)N(CC(F)F)CCC3. The number of nitrogens with one attached hydrogen (secondary N) is 1. The number of urea groups is 1. The van der Waals surface area contributed by atoms with E-state index in [0.717, 1.165) is 11.0 Å². The zero-order valence-electron chi connectivity index (χ0n) is 17.0.